The molecule has 0 aliphatic rings. The lowest BCUT2D eigenvalue weighted by molar-refractivity contribution is 0.954. The third-order valence-electron chi connectivity index (χ3n) is 10.0. The Kier molecular flexibility index (Phi) is 7.08. The second-order valence-corrected chi connectivity index (χ2v) is 13.4. The fourth-order valence-corrected chi connectivity index (χ4v) is 7.32. The van der Waals surface area contributed by atoms with E-state index in [9.17, 15) is 2.74 Å². The van der Waals surface area contributed by atoms with Crippen LogP contribution in [0.3, 0.4) is 0 Å². The monoisotopic (exact) mass is 706 g/mol. The largest absolute Gasteiger partial charge is 0.278 e. The summed E-state index contributed by atoms with van der Waals surface area (Å²) in [6.45, 7) is 0. The van der Waals surface area contributed by atoms with Crippen LogP contribution in [0, 0.1) is 0 Å². The molecule has 55 heavy (non-hydrogen) atoms. The van der Waals surface area contributed by atoms with Crippen LogP contribution >= 0.6 is 0 Å². The van der Waals surface area contributed by atoms with Crippen LogP contribution in [-0.2, 0) is 0 Å². The number of nitrogens with zero attached hydrogens (tertiary/aromatic N) is 4. The van der Waals surface area contributed by atoms with Crippen LogP contribution in [0.2, 0.25) is 0 Å². The summed E-state index contributed by atoms with van der Waals surface area (Å²) < 4.78 is 37.8. The Balaban J connectivity index is 1.23. The average Bonchev–Trinajstić information content (AvgIpc) is 3.66. The van der Waals surface area contributed by atoms with Crippen molar-refractivity contribution in [3.8, 4) is 73.2 Å². The Hall–Kier alpha value is -7.43. The van der Waals surface area contributed by atoms with Gasteiger partial charge in [0.25, 0.3) is 0 Å². The molecule has 0 aliphatic carbocycles. The first-order valence-electron chi connectivity index (χ1n) is 20.2. The van der Waals surface area contributed by atoms with Crippen LogP contribution in [0.15, 0.2) is 206 Å². The zero-order valence-corrected chi connectivity index (χ0v) is 29.6. The van der Waals surface area contributed by atoms with Gasteiger partial charge < -0.3 is 0 Å². The predicted molar refractivity (Wildman–Crippen MR) is 227 cm³/mol. The van der Waals surface area contributed by atoms with Crippen LogP contribution in [0.25, 0.3) is 95.0 Å². The molecule has 0 unspecified atom stereocenters. The van der Waals surface area contributed by atoms with Crippen molar-refractivity contribution in [2.45, 2.75) is 0 Å². The highest BCUT2D eigenvalue weighted by atomic mass is 15.2. The molecule has 0 saturated carbocycles. The van der Waals surface area contributed by atoms with E-state index in [-0.39, 0.29) is 30.1 Å². The summed E-state index contributed by atoms with van der Waals surface area (Å²) >= 11 is 0. The summed E-state index contributed by atoms with van der Waals surface area (Å²) in [5.74, 6) is 1.10. The molecule has 0 radical (unpaired) electrons. The fraction of sp³-hybridized carbons (Fsp3) is 0. The van der Waals surface area contributed by atoms with E-state index in [1.54, 1.807) is 4.57 Å². The number of para-hydroxylation sites is 1. The van der Waals surface area contributed by atoms with Crippen molar-refractivity contribution in [2.75, 3.05) is 0 Å². The van der Waals surface area contributed by atoms with Crippen molar-refractivity contribution in [1.29, 1.82) is 0 Å². The lowest BCUT2D eigenvalue weighted by Gasteiger charge is -2.13. The maximum Gasteiger partial charge on any atom is 0.238 e. The third kappa shape index (κ3) is 6.06. The Morgan fingerprint density at radius 2 is 0.855 bits per heavy atom. The molecule has 0 fully saturated rings. The van der Waals surface area contributed by atoms with Gasteiger partial charge in [-0.25, -0.2) is 4.98 Å². The van der Waals surface area contributed by atoms with E-state index in [1.807, 2.05) is 115 Å². The number of hydrogen-bond donors (Lipinski definition) is 0. The van der Waals surface area contributed by atoms with Crippen molar-refractivity contribution in [2.24, 2.45) is 0 Å². The first kappa shape index (κ1) is 28.1. The van der Waals surface area contributed by atoms with E-state index in [2.05, 4.69) is 66.7 Å². The molecule has 0 atom stereocenters. The van der Waals surface area contributed by atoms with Gasteiger partial charge in [-0.2, -0.15) is 9.97 Å². The molecule has 0 N–H and O–H groups in total. The first-order valence-corrected chi connectivity index (χ1v) is 18.2. The normalized spacial score (nSPS) is 12.3. The molecule has 0 bridgehead atoms. The summed E-state index contributed by atoms with van der Waals surface area (Å²) in [5.41, 5.74) is 10.7. The number of fused-ring (bicyclic) bond motifs is 3. The molecular formula is C51H34N4. The van der Waals surface area contributed by atoms with E-state index >= 15 is 0 Å². The molecule has 4 nitrogen and oxygen atoms in total. The van der Waals surface area contributed by atoms with Crippen molar-refractivity contribution in [1.82, 2.24) is 19.5 Å². The minimum absolute atomic E-state index is 0.125. The van der Waals surface area contributed by atoms with Gasteiger partial charge in [0.15, 0.2) is 11.6 Å². The third-order valence-corrected chi connectivity index (χ3v) is 10.0. The van der Waals surface area contributed by atoms with Crippen molar-refractivity contribution in [3.63, 3.8) is 0 Å². The van der Waals surface area contributed by atoms with Gasteiger partial charge in [0.2, 0.25) is 5.95 Å². The molecule has 0 aliphatic heterocycles. The highest BCUT2D eigenvalue weighted by Crippen LogP contribution is 2.37. The highest BCUT2D eigenvalue weighted by Gasteiger charge is 2.20. The Morgan fingerprint density at radius 1 is 0.345 bits per heavy atom. The molecular weight excluding hydrogens is 669 g/mol. The Bertz CT molecular complexity index is 3190. The van der Waals surface area contributed by atoms with Crippen LogP contribution in [0.4, 0.5) is 0 Å². The molecule has 2 aromatic heterocycles. The van der Waals surface area contributed by atoms with Gasteiger partial charge >= 0.3 is 0 Å². The minimum Gasteiger partial charge on any atom is -0.278 e. The fourth-order valence-electron chi connectivity index (χ4n) is 7.32. The summed E-state index contributed by atoms with van der Waals surface area (Å²) in [6.07, 6.45) is 0. The van der Waals surface area contributed by atoms with E-state index in [0.717, 1.165) is 55.6 Å². The van der Waals surface area contributed by atoms with Gasteiger partial charge in [-0.3, -0.25) is 4.57 Å². The summed E-state index contributed by atoms with van der Waals surface area (Å²) in [4.78, 5) is 15.4. The van der Waals surface area contributed by atoms with Gasteiger partial charge in [0.1, 0.15) is 0 Å². The zero-order chi connectivity index (χ0) is 40.0. The smallest absolute Gasteiger partial charge is 0.238 e. The molecule has 258 valence electrons. The van der Waals surface area contributed by atoms with Crippen LogP contribution in [0.1, 0.15) is 5.48 Å². The number of benzene rings is 8. The summed E-state index contributed by atoms with van der Waals surface area (Å²) in [5, 5.41) is 1.06. The van der Waals surface area contributed by atoms with Crippen molar-refractivity contribution >= 4 is 21.8 Å². The van der Waals surface area contributed by atoms with Crippen molar-refractivity contribution < 1.29 is 5.48 Å². The molecule has 8 aromatic carbocycles. The highest BCUT2D eigenvalue weighted by molar-refractivity contribution is 6.10. The first-order chi connectivity index (χ1) is 28.9. The van der Waals surface area contributed by atoms with Gasteiger partial charge in [-0.05, 0) is 68.7 Å². The van der Waals surface area contributed by atoms with Gasteiger partial charge in [0, 0.05) is 21.9 Å². The molecule has 10 aromatic rings. The number of rotatable bonds is 7. The van der Waals surface area contributed by atoms with Crippen molar-refractivity contribution in [3.05, 3.63) is 206 Å². The van der Waals surface area contributed by atoms with Crippen LogP contribution < -0.4 is 0 Å². The average molecular weight is 707 g/mol. The standard InChI is InChI=1S/C51H34N4/c1-4-15-35(16-5-1)37-27-29-39(30-28-37)49-52-50(45-25-11-10-23-43(45)38-19-8-3-9-20-38)54-51(53-49)55-47-26-13-12-24-44(47)46-34-42(31-32-48(46)55)41-22-14-21-40(33-41)36-17-6-2-7-18-36/h1-34H/i12D,13D,24D,26D. The Labute approximate surface area is 325 Å². The van der Waals surface area contributed by atoms with E-state index in [1.165, 1.54) is 0 Å². The molecule has 4 heteroatoms. The summed E-state index contributed by atoms with van der Waals surface area (Å²) in [7, 11) is 0. The van der Waals surface area contributed by atoms with E-state index < -0.39 is 0 Å². The second kappa shape index (κ2) is 13.8. The Morgan fingerprint density at radius 3 is 1.58 bits per heavy atom. The topological polar surface area (TPSA) is 43.6 Å². The quantitative estimate of drug-likeness (QED) is 0.166. The molecule has 2 heterocycles. The maximum absolute atomic E-state index is 9.29. The molecule has 0 spiro atoms. The molecule has 0 amide bonds. The lowest BCUT2D eigenvalue weighted by Crippen LogP contribution is -2.06. The molecule has 10 rings (SSSR count). The van der Waals surface area contributed by atoms with Crippen LogP contribution in [-0.4, -0.2) is 19.5 Å². The summed E-state index contributed by atoms with van der Waals surface area (Å²) in [6, 6.07) is 60.0. The van der Waals surface area contributed by atoms with Gasteiger partial charge in [-0.1, -0.05) is 182 Å². The minimum atomic E-state index is -0.331. The van der Waals surface area contributed by atoms with Crippen LogP contribution in [0.5, 0.6) is 0 Å². The second-order valence-electron chi connectivity index (χ2n) is 13.4. The zero-order valence-electron chi connectivity index (χ0n) is 33.6. The molecule has 0 saturated heterocycles. The SMILES string of the molecule is [2H]c1c([2H])c([2H])c2c(c1[2H])c1cc(-c3cccc(-c4ccccc4)c3)ccc1n2-c1nc(-c2ccc(-c3ccccc3)cc2)nc(-c2ccccc2-c2ccccc2)n1. The maximum atomic E-state index is 9.29. The lowest BCUT2D eigenvalue weighted by atomic mass is 9.98. The van der Waals surface area contributed by atoms with E-state index in [4.69, 9.17) is 17.7 Å². The predicted octanol–water partition coefficient (Wildman–Crippen LogP) is 13.0. The number of aromatic nitrogens is 4. The van der Waals surface area contributed by atoms with Gasteiger partial charge in [0.05, 0.1) is 16.5 Å². The van der Waals surface area contributed by atoms with E-state index in [0.29, 0.717) is 33.5 Å². The van der Waals surface area contributed by atoms with Gasteiger partial charge in [-0.15, -0.1) is 0 Å². The number of hydrogen-bond acceptors (Lipinski definition) is 3.